The maximum atomic E-state index is 12.8. The van der Waals surface area contributed by atoms with Crippen LogP contribution in [0.2, 0.25) is 5.02 Å². The number of benzene rings is 2. The molecule has 6 nitrogen and oxygen atoms in total. The summed E-state index contributed by atoms with van der Waals surface area (Å²) < 4.78 is 1.39. The molecule has 1 N–H and O–H groups in total. The number of para-hydroxylation sites is 1. The van der Waals surface area contributed by atoms with Crippen LogP contribution in [0.1, 0.15) is 24.5 Å². The van der Waals surface area contributed by atoms with Crippen molar-refractivity contribution >= 4 is 29.1 Å². The average Bonchev–Trinajstić information content (AvgIpc) is 3.05. The van der Waals surface area contributed by atoms with E-state index in [0.29, 0.717) is 22.1 Å². The standard InChI is InChI=1S/C20H19ClN4O2/c1-13(2)20(27)25-17(12-18(26)22-14-8-4-3-5-9-14)23-24-19(25)15-10-6-7-11-16(15)21/h3-11,13H,12H2,1-2H3,(H,22,26). The topological polar surface area (TPSA) is 76.9 Å². The Kier molecular flexibility index (Phi) is 5.66. The molecule has 0 aliphatic heterocycles. The van der Waals surface area contributed by atoms with Gasteiger partial charge in [-0.2, -0.15) is 0 Å². The molecule has 1 heterocycles. The van der Waals surface area contributed by atoms with Gasteiger partial charge in [0.05, 0.1) is 11.4 Å². The number of carbonyl (C=O) groups is 2. The number of rotatable bonds is 5. The number of nitrogens with one attached hydrogen (secondary N) is 1. The summed E-state index contributed by atoms with van der Waals surface area (Å²) in [4.78, 5) is 25.2. The van der Waals surface area contributed by atoms with E-state index in [1.54, 1.807) is 44.2 Å². The molecule has 1 aromatic heterocycles. The molecule has 3 aromatic rings. The third-order valence-electron chi connectivity index (χ3n) is 3.94. The molecule has 0 saturated heterocycles. The van der Waals surface area contributed by atoms with Crippen LogP contribution in [-0.4, -0.2) is 26.6 Å². The van der Waals surface area contributed by atoms with Crippen LogP contribution in [0.5, 0.6) is 0 Å². The van der Waals surface area contributed by atoms with E-state index in [2.05, 4.69) is 15.5 Å². The van der Waals surface area contributed by atoms with Gasteiger partial charge in [0.1, 0.15) is 5.82 Å². The summed E-state index contributed by atoms with van der Waals surface area (Å²) in [5.74, 6) is -0.161. The first-order valence-electron chi connectivity index (χ1n) is 8.55. The van der Waals surface area contributed by atoms with Gasteiger partial charge in [-0.15, -0.1) is 10.2 Å². The van der Waals surface area contributed by atoms with E-state index in [-0.39, 0.29) is 30.0 Å². The van der Waals surface area contributed by atoms with E-state index in [9.17, 15) is 9.59 Å². The van der Waals surface area contributed by atoms with Gasteiger partial charge >= 0.3 is 0 Å². The number of hydrogen-bond acceptors (Lipinski definition) is 4. The summed E-state index contributed by atoms with van der Waals surface area (Å²) in [6, 6.07) is 16.2. The van der Waals surface area contributed by atoms with Crippen molar-refractivity contribution in [2.75, 3.05) is 5.32 Å². The van der Waals surface area contributed by atoms with Crippen LogP contribution in [0.4, 0.5) is 5.69 Å². The fourth-order valence-electron chi connectivity index (χ4n) is 2.61. The number of halogens is 1. The zero-order valence-corrected chi connectivity index (χ0v) is 15.8. The molecule has 0 aliphatic rings. The summed E-state index contributed by atoms with van der Waals surface area (Å²) in [6.07, 6.45) is -0.0786. The van der Waals surface area contributed by atoms with Gasteiger partial charge in [-0.25, -0.2) is 4.57 Å². The normalized spacial score (nSPS) is 10.8. The Bertz CT molecular complexity index is 967. The fraction of sp³-hybridized carbons (Fsp3) is 0.200. The fourth-order valence-corrected chi connectivity index (χ4v) is 2.83. The van der Waals surface area contributed by atoms with Crippen molar-refractivity contribution in [3.8, 4) is 11.4 Å². The quantitative estimate of drug-likeness (QED) is 0.721. The average molecular weight is 383 g/mol. The number of nitrogens with zero attached hydrogens (tertiary/aromatic N) is 3. The van der Waals surface area contributed by atoms with Crippen molar-refractivity contribution < 1.29 is 9.59 Å². The minimum atomic E-state index is -0.293. The Morgan fingerprint density at radius 3 is 2.37 bits per heavy atom. The van der Waals surface area contributed by atoms with Gasteiger partial charge in [0.2, 0.25) is 11.8 Å². The maximum Gasteiger partial charge on any atom is 0.236 e. The van der Waals surface area contributed by atoms with E-state index >= 15 is 0 Å². The zero-order valence-electron chi connectivity index (χ0n) is 15.0. The third kappa shape index (κ3) is 4.23. The lowest BCUT2D eigenvalue weighted by Crippen LogP contribution is -2.24. The minimum absolute atomic E-state index is 0.0786. The molecule has 3 rings (SSSR count). The van der Waals surface area contributed by atoms with E-state index in [0.717, 1.165) is 0 Å². The number of amides is 1. The van der Waals surface area contributed by atoms with Crippen molar-refractivity contribution in [1.29, 1.82) is 0 Å². The van der Waals surface area contributed by atoms with E-state index in [4.69, 9.17) is 11.6 Å². The molecule has 27 heavy (non-hydrogen) atoms. The highest BCUT2D eigenvalue weighted by atomic mass is 35.5. The van der Waals surface area contributed by atoms with Crippen molar-refractivity contribution in [3.05, 3.63) is 65.4 Å². The molecule has 0 atom stereocenters. The van der Waals surface area contributed by atoms with Crippen LogP contribution in [0.25, 0.3) is 11.4 Å². The first kappa shape index (κ1) is 18.8. The zero-order chi connectivity index (χ0) is 19.4. The van der Waals surface area contributed by atoms with Crippen LogP contribution in [0, 0.1) is 5.92 Å². The molecule has 0 spiro atoms. The van der Waals surface area contributed by atoms with E-state index < -0.39 is 0 Å². The predicted molar refractivity (Wildman–Crippen MR) is 105 cm³/mol. The number of aromatic nitrogens is 3. The van der Waals surface area contributed by atoms with Gasteiger partial charge in [0.15, 0.2) is 5.82 Å². The number of carbonyl (C=O) groups excluding carboxylic acids is 2. The van der Waals surface area contributed by atoms with Crippen molar-refractivity contribution in [2.24, 2.45) is 5.92 Å². The second-order valence-electron chi connectivity index (χ2n) is 6.34. The summed E-state index contributed by atoms with van der Waals surface area (Å²) in [5, 5.41) is 11.5. The van der Waals surface area contributed by atoms with Crippen molar-refractivity contribution in [2.45, 2.75) is 20.3 Å². The van der Waals surface area contributed by atoms with Gasteiger partial charge in [-0.3, -0.25) is 9.59 Å². The molecule has 1 amide bonds. The Morgan fingerprint density at radius 1 is 1.04 bits per heavy atom. The Hall–Kier alpha value is -2.99. The highest BCUT2D eigenvalue weighted by Crippen LogP contribution is 2.27. The molecule has 0 fully saturated rings. The lowest BCUT2D eigenvalue weighted by Gasteiger charge is -2.12. The van der Waals surface area contributed by atoms with Gasteiger partial charge in [0, 0.05) is 17.2 Å². The molecule has 0 unspecified atom stereocenters. The molecule has 0 aliphatic carbocycles. The van der Waals surface area contributed by atoms with Crippen LogP contribution in [0.15, 0.2) is 54.6 Å². The van der Waals surface area contributed by atoms with Crippen molar-refractivity contribution in [3.63, 3.8) is 0 Å². The second-order valence-corrected chi connectivity index (χ2v) is 6.75. The third-order valence-corrected chi connectivity index (χ3v) is 4.26. The monoisotopic (exact) mass is 382 g/mol. The molecule has 0 saturated carbocycles. The van der Waals surface area contributed by atoms with E-state index in [1.807, 2.05) is 24.3 Å². The number of hydrogen-bond donors (Lipinski definition) is 1. The summed E-state index contributed by atoms with van der Waals surface area (Å²) >= 11 is 6.27. The predicted octanol–water partition coefficient (Wildman–Crippen LogP) is 4.08. The SMILES string of the molecule is CC(C)C(=O)n1c(CC(=O)Nc2ccccc2)nnc1-c1ccccc1Cl. The number of anilines is 1. The molecule has 2 aromatic carbocycles. The van der Waals surface area contributed by atoms with E-state index in [1.165, 1.54) is 4.57 Å². The van der Waals surface area contributed by atoms with Gasteiger partial charge in [-0.05, 0) is 24.3 Å². The Balaban J connectivity index is 1.95. The molecular weight excluding hydrogens is 364 g/mol. The Labute approximate surface area is 162 Å². The minimum Gasteiger partial charge on any atom is -0.326 e. The van der Waals surface area contributed by atoms with Gasteiger partial charge < -0.3 is 5.32 Å². The second kappa shape index (κ2) is 8.14. The van der Waals surface area contributed by atoms with Crippen LogP contribution in [-0.2, 0) is 11.2 Å². The Morgan fingerprint density at radius 2 is 1.70 bits per heavy atom. The molecular formula is C20H19ClN4O2. The molecule has 138 valence electrons. The first-order chi connectivity index (χ1) is 13.0. The largest absolute Gasteiger partial charge is 0.326 e. The molecule has 7 heteroatoms. The lowest BCUT2D eigenvalue weighted by atomic mass is 10.1. The summed E-state index contributed by atoms with van der Waals surface area (Å²) in [5.41, 5.74) is 1.27. The smallest absolute Gasteiger partial charge is 0.236 e. The van der Waals surface area contributed by atoms with Gasteiger partial charge in [-0.1, -0.05) is 55.8 Å². The first-order valence-corrected chi connectivity index (χ1v) is 8.93. The lowest BCUT2D eigenvalue weighted by molar-refractivity contribution is -0.115. The van der Waals surface area contributed by atoms with Crippen LogP contribution in [0.3, 0.4) is 0 Å². The van der Waals surface area contributed by atoms with Crippen molar-refractivity contribution in [1.82, 2.24) is 14.8 Å². The maximum absolute atomic E-state index is 12.8. The summed E-state index contributed by atoms with van der Waals surface area (Å²) in [7, 11) is 0. The van der Waals surface area contributed by atoms with Crippen LogP contribution < -0.4 is 5.32 Å². The summed E-state index contributed by atoms with van der Waals surface area (Å²) in [6.45, 7) is 3.57. The molecule has 0 bridgehead atoms. The highest BCUT2D eigenvalue weighted by Gasteiger charge is 2.24. The van der Waals surface area contributed by atoms with Gasteiger partial charge in [0.25, 0.3) is 0 Å². The molecule has 0 radical (unpaired) electrons. The highest BCUT2D eigenvalue weighted by molar-refractivity contribution is 6.33. The van der Waals surface area contributed by atoms with Crippen LogP contribution >= 0.6 is 11.6 Å².